The predicted octanol–water partition coefficient (Wildman–Crippen LogP) is 4.99. The van der Waals surface area contributed by atoms with E-state index in [1.807, 2.05) is 4.90 Å². The van der Waals surface area contributed by atoms with E-state index in [0.717, 1.165) is 71.1 Å². The van der Waals surface area contributed by atoms with E-state index in [1.165, 1.54) is 43.2 Å². The van der Waals surface area contributed by atoms with E-state index in [4.69, 9.17) is 0 Å². The molecule has 4 rings (SSSR count). The van der Waals surface area contributed by atoms with Crippen LogP contribution in [-0.4, -0.2) is 47.8 Å². The van der Waals surface area contributed by atoms with Crippen LogP contribution in [0, 0.1) is 11.8 Å². The number of carbonyl (C=O) groups is 2. The molecule has 31 heavy (non-hydrogen) atoms. The highest BCUT2D eigenvalue weighted by Gasteiger charge is 2.25. The van der Waals surface area contributed by atoms with E-state index in [1.54, 1.807) is 0 Å². The molecular formula is C27H40N2O2. The average Bonchev–Trinajstić information content (AvgIpc) is 3.35. The molecule has 2 amide bonds. The van der Waals surface area contributed by atoms with Crippen molar-refractivity contribution in [2.24, 2.45) is 11.8 Å². The van der Waals surface area contributed by atoms with Crippen molar-refractivity contribution in [1.29, 1.82) is 0 Å². The first-order chi connectivity index (χ1) is 15.2. The molecule has 2 saturated heterocycles. The van der Waals surface area contributed by atoms with Crippen molar-refractivity contribution in [2.45, 2.75) is 83.5 Å². The standard InChI is InChI=1S/C27H40N2O2/c30-26(28-16-4-5-17-28)13-12-22-8-10-24(11-9-22)20-25-14-18-29(19-15-25)27(31)21-23-6-2-1-3-7-23/h8-11,23,25H,1-7,12-21H2. The number of amides is 2. The molecule has 170 valence electrons. The SMILES string of the molecule is O=C(CCc1ccc(CC2CCN(C(=O)CC3CCCCC3)CC2)cc1)N1CCCC1. The Balaban J connectivity index is 1.16. The van der Waals surface area contributed by atoms with Crippen molar-refractivity contribution in [3.05, 3.63) is 35.4 Å². The van der Waals surface area contributed by atoms with Crippen LogP contribution in [-0.2, 0) is 22.4 Å². The summed E-state index contributed by atoms with van der Waals surface area (Å²) in [6, 6.07) is 8.90. The number of piperidine rings is 1. The van der Waals surface area contributed by atoms with Gasteiger partial charge in [-0.1, -0.05) is 43.5 Å². The molecule has 1 aromatic rings. The van der Waals surface area contributed by atoms with E-state index in [0.29, 0.717) is 30.1 Å². The molecule has 1 aromatic carbocycles. The van der Waals surface area contributed by atoms with E-state index in [-0.39, 0.29) is 0 Å². The Bertz CT molecular complexity index is 709. The van der Waals surface area contributed by atoms with Crippen molar-refractivity contribution in [3.63, 3.8) is 0 Å². The summed E-state index contributed by atoms with van der Waals surface area (Å²) in [7, 11) is 0. The van der Waals surface area contributed by atoms with Crippen LogP contribution in [0.4, 0.5) is 0 Å². The number of hydrogen-bond acceptors (Lipinski definition) is 2. The molecule has 0 N–H and O–H groups in total. The lowest BCUT2D eigenvalue weighted by molar-refractivity contribution is -0.134. The summed E-state index contributed by atoms with van der Waals surface area (Å²) in [4.78, 5) is 29.0. The molecule has 0 atom stereocenters. The van der Waals surface area contributed by atoms with Gasteiger partial charge in [0.05, 0.1) is 0 Å². The quantitative estimate of drug-likeness (QED) is 0.618. The summed E-state index contributed by atoms with van der Waals surface area (Å²) in [6.07, 6.45) is 14.4. The monoisotopic (exact) mass is 424 g/mol. The predicted molar refractivity (Wildman–Crippen MR) is 125 cm³/mol. The van der Waals surface area contributed by atoms with Gasteiger partial charge in [-0.3, -0.25) is 9.59 Å². The molecule has 0 spiro atoms. The van der Waals surface area contributed by atoms with Crippen molar-refractivity contribution in [2.75, 3.05) is 26.2 Å². The summed E-state index contributed by atoms with van der Waals surface area (Å²) in [5.41, 5.74) is 2.65. The second kappa shape index (κ2) is 11.2. The Hall–Kier alpha value is -1.84. The third-order valence-electron chi connectivity index (χ3n) is 7.79. The first-order valence-corrected chi connectivity index (χ1v) is 12.8. The summed E-state index contributed by atoms with van der Waals surface area (Å²) in [6.45, 7) is 3.77. The van der Waals surface area contributed by atoms with E-state index >= 15 is 0 Å². The van der Waals surface area contributed by atoms with Gasteiger partial charge in [-0.15, -0.1) is 0 Å². The van der Waals surface area contributed by atoms with Crippen LogP contribution >= 0.6 is 0 Å². The zero-order valence-corrected chi connectivity index (χ0v) is 19.2. The third-order valence-corrected chi connectivity index (χ3v) is 7.79. The van der Waals surface area contributed by atoms with Gasteiger partial charge in [0.25, 0.3) is 0 Å². The van der Waals surface area contributed by atoms with Crippen LogP contribution in [0.1, 0.15) is 81.8 Å². The minimum absolute atomic E-state index is 0.311. The van der Waals surface area contributed by atoms with Gasteiger partial charge in [0.1, 0.15) is 0 Å². The van der Waals surface area contributed by atoms with Crippen molar-refractivity contribution < 1.29 is 9.59 Å². The fourth-order valence-electron chi connectivity index (χ4n) is 5.71. The van der Waals surface area contributed by atoms with Crippen molar-refractivity contribution in [1.82, 2.24) is 9.80 Å². The molecule has 2 heterocycles. The largest absolute Gasteiger partial charge is 0.343 e. The normalized spacial score (nSPS) is 20.9. The Morgan fingerprint density at radius 1 is 0.677 bits per heavy atom. The van der Waals surface area contributed by atoms with Crippen LogP contribution in [0.3, 0.4) is 0 Å². The molecule has 4 heteroatoms. The number of carbonyl (C=O) groups excluding carboxylic acids is 2. The lowest BCUT2D eigenvalue weighted by Gasteiger charge is -2.33. The highest BCUT2D eigenvalue weighted by Crippen LogP contribution is 2.28. The van der Waals surface area contributed by atoms with Gasteiger partial charge in [0, 0.05) is 39.0 Å². The maximum Gasteiger partial charge on any atom is 0.222 e. The number of aryl methyl sites for hydroxylation is 1. The molecule has 3 fully saturated rings. The lowest BCUT2D eigenvalue weighted by Crippen LogP contribution is -2.39. The summed E-state index contributed by atoms with van der Waals surface area (Å²) >= 11 is 0. The van der Waals surface area contributed by atoms with Gasteiger partial charge in [0.2, 0.25) is 11.8 Å². The Labute approximate surface area is 188 Å². The van der Waals surface area contributed by atoms with Gasteiger partial charge in [0.15, 0.2) is 0 Å². The molecule has 0 bridgehead atoms. The Kier molecular flexibility index (Phi) is 8.04. The number of likely N-dealkylation sites (tertiary alicyclic amines) is 2. The summed E-state index contributed by atoms with van der Waals surface area (Å²) < 4.78 is 0. The molecule has 1 saturated carbocycles. The first-order valence-electron chi connectivity index (χ1n) is 12.8. The van der Waals surface area contributed by atoms with Gasteiger partial charge >= 0.3 is 0 Å². The number of hydrogen-bond donors (Lipinski definition) is 0. The average molecular weight is 425 g/mol. The van der Waals surface area contributed by atoms with Crippen LogP contribution in [0.2, 0.25) is 0 Å². The number of rotatable bonds is 7. The molecule has 0 radical (unpaired) electrons. The minimum atomic E-state index is 0.311. The zero-order valence-electron chi connectivity index (χ0n) is 19.2. The maximum atomic E-state index is 12.7. The van der Waals surface area contributed by atoms with E-state index in [2.05, 4.69) is 29.2 Å². The van der Waals surface area contributed by atoms with Crippen molar-refractivity contribution >= 4 is 11.8 Å². The minimum Gasteiger partial charge on any atom is -0.343 e. The zero-order chi connectivity index (χ0) is 21.5. The van der Waals surface area contributed by atoms with Crippen LogP contribution in [0.25, 0.3) is 0 Å². The fraction of sp³-hybridized carbons (Fsp3) is 0.704. The summed E-state index contributed by atoms with van der Waals surface area (Å²) in [5, 5.41) is 0. The molecule has 3 aliphatic rings. The van der Waals surface area contributed by atoms with E-state index in [9.17, 15) is 9.59 Å². The van der Waals surface area contributed by atoms with Gasteiger partial charge < -0.3 is 9.80 Å². The molecule has 0 unspecified atom stereocenters. The number of nitrogens with zero attached hydrogens (tertiary/aromatic N) is 2. The molecule has 2 aliphatic heterocycles. The van der Waals surface area contributed by atoms with Crippen molar-refractivity contribution in [3.8, 4) is 0 Å². The van der Waals surface area contributed by atoms with Crippen LogP contribution in [0.15, 0.2) is 24.3 Å². The van der Waals surface area contributed by atoms with Crippen LogP contribution < -0.4 is 0 Å². The number of benzene rings is 1. The van der Waals surface area contributed by atoms with E-state index < -0.39 is 0 Å². The van der Waals surface area contributed by atoms with Gasteiger partial charge in [-0.05, 0) is 74.3 Å². The van der Waals surface area contributed by atoms with Gasteiger partial charge in [-0.2, -0.15) is 0 Å². The molecule has 4 nitrogen and oxygen atoms in total. The summed E-state index contributed by atoms with van der Waals surface area (Å²) in [5.74, 6) is 2.04. The lowest BCUT2D eigenvalue weighted by atomic mass is 9.86. The Morgan fingerprint density at radius 2 is 1.29 bits per heavy atom. The highest BCUT2D eigenvalue weighted by molar-refractivity contribution is 5.77. The first kappa shape index (κ1) is 22.4. The molecule has 1 aliphatic carbocycles. The smallest absolute Gasteiger partial charge is 0.222 e. The molecular weight excluding hydrogens is 384 g/mol. The Morgan fingerprint density at radius 3 is 1.97 bits per heavy atom. The maximum absolute atomic E-state index is 12.7. The topological polar surface area (TPSA) is 40.6 Å². The van der Waals surface area contributed by atoms with Crippen LogP contribution in [0.5, 0.6) is 0 Å². The third kappa shape index (κ3) is 6.57. The highest BCUT2D eigenvalue weighted by atomic mass is 16.2. The molecule has 0 aromatic heterocycles. The second-order valence-electron chi connectivity index (χ2n) is 10.1. The second-order valence-corrected chi connectivity index (χ2v) is 10.1. The van der Waals surface area contributed by atoms with Gasteiger partial charge in [-0.25, -0.2) is 0 Å². The fourth-order valence-corrected chi connectivity index (χ4v) is 5.71.